The van der Waals surface area contributed by atoms with Crippen LogP contribution in [0, 0.1) is 0 Å². The molecule has 0 N–H and O–H groups in total. The molecule has 0 aliphatic carbocycles. The molecule has 0 heterocycles. The molecule has 0 unspecified atom stereocenters. The van der Waals surface area contributed by atoms with Crippen molar-refractivity contribution < 1.29 is 9.22 Å². The molecule has 0 aromatic heterocycles. The van der Waals surface area contributed by atoms with E-state index in [4.69, 9.17) is 4.43 Å². The van der Waals surface area contributed by atoms with Crippen LogP contribution in [0.5, 0.6) is 0 Å². The number of hydrogen-bond donors (Lipinski definition) is 0. The fourth-order valence-corrected chi connectivity index (χ4v) is 22.6. The number of carbonyl (C=O) groups excluding carboxylic acids is 1. The first-order valence-electron chi connectivity index (χ1n) is 14.0. The molecule has 34 heavy (non-hydrogen) atoms. The third-order valence-electron chi connectivity index (χ3n) is 7.93. The molecule has 0 amide bonds. The monoisotopic (exact) mass is 594 g/mol. The van der Waals surface area contributed by atoms with Crippen molar-refractivity contribution in [2.24, 2.45) is 0 Å². The molecule has 0 bridgehead atoms. The maximum absolute atomic E-state index is 13.4. The Morgan fingerprint density at radius 2 is 1.38 bits per heavy atom. The molecule has 2 nitrogen and oxygen atoms in total. The topological polar surface area (TPSA) is 26.3 Å². The minimum atomic E-state index is -2.67. The van der Waals surface area contributed by atoms with Crippen LogP contribution in [0.25, 0.3) is 0 Å². The predicted octanol–water partition coefficient (Wildman–Crippen LogP) is 9.99. The fraction of sp³-hybridized carbons (Fsp3) is 0.700. The van der Waals surface area contributed by atoms with Crippen LogP contribution in [-0.4, -0.2) is 39.1 Å². The van der Waals surface area contributed by atoms with Gasteiger partial charge in [0, 0.05) is 0 Å². The van der Waals surface area contributed by atoms with Gasteiger partial charge in [0.2, 0.25) is 0 Å². The van der Waals surface area contributed by atoms with Crippen molar-refractivity contribution in [3.05, 3.63) is 45.6 Å². The summed E-state index contributed by atoms with van der Waals surface area (Å²) in [5.41, 5.74) is 0.833. The van der Waals surface area contributed by atoms with Crippen molar-refractivity contribution in [3.63, 3.8) is 0 Å². The molecule has 0 fully saturated rings. The Hall–Kier alpha value is -0.394. The van der Waals surface area contributed by atoms with Gasteiger partial charge >= 0.3 is 218 Å². The maximum atomic E-state index is 13.4. The average molecular weight is 594 g/mol. The molecule has 0 spiro atoms. The van der Waals surface area contributed by atoms with Gasteiger partial charge in [-0.15, -0.1) is 0 Å². The van der Waals surface area contributed by atoms with E-state index in [0.29, 0.717) is 0 Å². The summed E-state index contributed by atoms with van der Waals surface area (Å²) in [6, 6.07) is 9.90. The van der Waals surface area contributed by atoms with Gasteiger partial charge in [-0.25, -0.2) is 0 Å². The Kier molecular flexibility index (Phi) is 14.6. The molecule has 0 aliphatic heterocycles. The zero-order valence-corrected chi connectivity index (χ0v) is 27.6. The van der Waals surface area contributed by atoms with Crippen LogP contribution in [-0.2, 0) is 4.43 Å². The predicted molar refractivity (Wildman–Crippen MR) is 156 cm³/mol. The van der Waals surface area contributed by atoms with Gasteiger partial charge in [-0.2, -0.15) is 0 Å². The Morgan fingerprint density at radius 3 is 1.82 bits per heavy atom. The Morgan fingerprint density at radius 1 is 0.882 bits per heavy atom. The number of unbranched alkanes of at least 4 members (excludes halogenated alkanes) is 3. The van der Waals surface area contributed by atoms with E-state index in [1.165, 1.54) is 51.8 Å². The van der Waals surface area contributed by atoms with E-state index >= 15 is 0 Å². The molecule has 1 aromatic carbocycles. The van der Waals surface area contributed by atoms with Gasteiger partial charge in [-0.3, -0.25) is 0 Å². The van der Waals surface area contributed by atoms with E-state index in [0.717, 1.165) is 25.0 Å². The van der Waals surface area contributed by atoms with Crippen LogP contribution in [0.2, 0.25) is 31.4 Å². The zero-order chi connectivity index (χ0) is 25.7. The minimum absolute atomic E-state index is 0.214. The number of allylic oxidation sites excluding steroid dienone is 2. The second kappa shape index (κ2) is 15.7. The van der Waals surface area contributed by atoms with E-state index < -0.39 is 26.7 Å². The molecular formula is C30H54O2SiSn. The number of rotatable bonds is 17. The van der Waals surface area contributed by atoms with Crippen LogP contribution in [0.15, 0.2) is 40.0 Å². The molecular weight excluding hydrogens is 539 g/mol. The van der Waals surface area contributed by atoms with Crippen molar-refractivity contribution in [3.8, 4) is 0 Å². The van der Waals surface area contributed by atoms with Gasteiger partial charge in [-0.1, -0.05) is 0 Å². The summed E-state index contributed by atoms with van der Waals surface area (Å²) in [6.45, 7) is 19.4. The number of ketones is 1. The summed E-state index contributed by atoms with van der Waals surface area (Å²) in [5.74, 6) is 0.214. The van der Waals surface area contributed by atoms with Crippen LogP contribution in [0.1, 0.15) is 103 Å². The van der Waals surface area contributed by atoms with Gasteiger partial charge in [0.25, 0.3) is 0 Å². The second-order valence-electron chi connectivity index (χ2n) is 11.7. The van der Waals surface area contributed by atoms with Crippen LogP contribution >= 0.6 is 0 Å². The Balaban J connectivity index is 3.26. The first-order valence-corrected chi connectivity index (χ1v) is 24.4. The molecule has 1 aromatic rings. The summed E-state index contributed by atoms with van der Waals surface area (Å²) in [4.78, 5) is 13.4. The number of hydrogen-bond acceptors (Lipinski definition) is 2. The van der Waals surface area contributed by atoms with Crippen LogP contribution < -0.4 is 0 Å². The van der Waals surface area contributed by atoms with Crippen molar-refractivity contribution in [1.29, 1.82) is 0 Å². The number of benzene rings is 1. The first-order chi connectivity index (χ1) is 16.0. The molecule has 4 heteroatoms. The average Bonchev–Trinajstić information content (AvgIpc) is 2.80. The molecule has 194 valence electrons. The van der Waals surface area contributed by atoms with Crippen LogP contribution in [0.4, 0.5) is 0 Å². The Labute approximate surface area is 217 Å². The zero-order valence-electron chi connectivity index (χ0n) is 23.8. The molecule has 0 radical (unpaired) electrons. The van der Waals surface area contributed by atoms with Crippen molar-refractivity contribution in [2.75, 3.05) is 6.61 Å². The van der Waals surface area contributed by atoms with Gasteiger partial charge in [0.1, 0.15) is 0 Å². The van der Waals surface area contributed by atoms with Crippen molar-refractivity contribution in [1.82, 2.24) is 0 Å². The summed E-state index contributed by atoms with van der Waals surface area (Å²) in [5, 5.41) is 0.237. The second-order valence-corrected chi connectivity index (χ2v) is 29.9. The third-order valence-corrected chi connectivity index (χ3v) is 28.7. The van der Waals surface area contributed by atoms with E-state index in [-0.39, 0.29) is 10.8 Å². The number of carbonyl (C=O) groups is 1. The summed E-state index contributed by atoms with van der Waals surface area (Å²) in [6.07, 6.45) is 12.0. The van der Waals surface area contributed by atoms with Crippen molar-refractivity contribution >= 4 is 32.5 Å². The van der Waals surface area contributed by atoms with E-state index in [9.17, 15) is 4.79 Å². The fourth-order valence-electron chi connectivity index (χ4n) is 4.54. The first kappa shape index (κ1) is 31.6. The van der Waals surface area contributed by atoms with E-state index in [1.54, 1.807) is 3.59 Å². The standard InChI is InChI=1S/C18H27O2Si.3C4H9.Sn/c1-18(2,3)21(4,5)20-15-11-7-10-14-17(19)16-12-8-6-9-13-16;3*1-3-4-2;/h6,8-9,12-14H,7,11,15H2,1-5H3;3*1,3-4H2,2H3;. The molecule has 0 aliphatic rings. The molecule has 0 saturated heterocycles. The molecule has 0 atom stereocenters. The summed E-state index contributed by atoms with van der Waals surface area (Å²) in [7, 11) is -1.74. The quantitative estimate of drug-likeness (QED) is 0.0778. The van der Waals surface area contributed by atoms with Crippen molar-refractivity contribution in [2.45, 2.75) is 124 Å². The van der Waals surface area contributed by atoms with Gasteiger partial charge in [-0.05, 0) is 0 Å². The van der Waals surface area contributed by atoms with Gasteiger partial charge in [0.05, 0.1) is 0 Å². The Bertz CT molecular complexity index is 712. The van der Waals surface area contributed by atoms with Crippen LogP contribution in [0.3, 0.4) is 0 Å². The van der Waals surface area contributed by atoms with E-state index in [1.807, 2.05) is 30.3 Å². The summed E-state index contributed by atoms with van der Waals surface area (Å²) < 4.78 is 12.3. The SMILES string of the molecule is CCC[CH2][Sn]([CH2]CCC)([CH2]CCC)/[C](=C/C(=O)c1ccccc1)CCCO[Si](C)(C)C(C)(C)C. The normalized spacial score (nSPS) is 13.4. The van der Waals surface area contributed by atoms with Gasteiger partial charge < -0.3 is 0 Å². The molecule has 0 saturated carbocycles. The van der Waals surface area contributed by atoms with E-state index in [2.05, 4.69) is 60.7 Å². The van der Waals surface area contributed by atoms with Gasteiger partial charge in [0.15, 0.2) is 0 Å². The molecule has 1 rings (SSSR count). The third kappa shape index (κ3) is 10.3. The summed E-state index contributed by atoms with van der Waals surface area (Å²) >= 11 is -2.67.